The molecule has 4 aromatic rings. The molecular weight excluding hydrogens is 341 g/mol. The van der Waals surface area contributed by atoms with E-state index in [1.54, 1.807) is 36.3 Å². The van der Waals surface area contributed by atoms with E-state index in [1.165, 1.54) is 12.1 Å². The number of imidazole rings is 1. The Morgan fingerprint density at radius 1 is 1.00 bits per heavy atom. The van der Waals surface area contributed by atoms with E-state index in [-0.39, 0.29) is 11.7 Å². The Hall–Kier alpha value is -3.47. The Kier molecular flexibility index (Phi) is 4.42. The van der Waals surface area contributed by atoms with E-state index < -0.39 is 0 Å². The Morgan fingerprint density at radius 2 is 1.74 bits per heavy atom. The second-order valence-corrected chi connectivity index (χ2v) is 6.46. The van der Waals surface area contributed by atoms with Crippen LogP contribution in [-0.4, -0.2) is 27.2 Å². The van der Waals surface area contributed by atoms with Gasteiger partial charge in [0.05, 0.1) is 11.3 Å². The van der Waals surface area contributed by atoms with Gasteiger partial charge in [0.15, 0.2) is 0 Å². The number of fused-ring (bicyclic) bond motifs is 1. The maximum absolute atomic E-state index is 13.0. The molecule has 0 bridgehead atoms. The lowest BCUT2D eigenvalue weighted by atomic mass is 10.2. The lowest BCUT2D eigenvalue weighted by molar-refractivity contribution is 0.0784. The minimum absolute atomic E-state index is 0.101. The van der Waals surface area contributed by atoms with Crippen molar-refractivity contribution in [2.45, 2.75) is 6.54 Å². The minimum Gasteiger partial charge on any atom is -0.337 e. The quantitative estimate of drug-likeness (QED) is 0.541. The highest BCUT2D eigenvalue weighted by Gasteiger charge is 2.14. The minimum atomic E-state index is -0.285. The molecule has 0 N–H and O–H groups in total. The molecule has 0 radical (unpaired) electrons. The van der Waals surface area contributed by atoms with Gasteiger partial charge >= 0.3 is 0 Å². The van der Waals surface area contributed by atoms with Crippen LogP contribution in [0.2, 0.25) is 0 Å². The Bertz CT molecular complexity index is 1090. The summed E-state index contributed by atoms with van der Waals surface area (Å²) in [6.07, 6.45) is 3.71. The van der Waals surface area contributed by atoms with Crippen molar-refractivity contribution in [1.29, 1.82) is 0 Å². The van der Waals surface area contributed by atoms with Gasteiger partial charge in [-0.05, 0) is 29.8 Å². The first-order valence-corrected chi connectivity index (χ1v) is 8.64. The zero-order chi connectivity index (χ0) is 18.8. The SMILES string of the molecule is CN(Cc1ccc(F)cc1)C(=O)c1ccc2nc(-c3ccccc3)cn2c1. The summed E-state index contributed by atoms with van der Waals surface area (Å²) >= 11 is 0. The summed E-state index contributed by atoms with van der Waals surface area (Å²) in [5.74, 6) is -0.385. The number of hydrogen-bond acceptors (Lipinski definition) is 2. The third-order valence-corrected chi connectivity index (χ3v) is 4.45. The molecule has 0 atom stereocenters. The van der Waals surface area contributed by atoms with E-state index in [0.29, 0.717) is 12.1 Å². The highest BCUT2D eigenvalue weighted by molar-refractivity contribution is 5.94. The normalized spacial score (nSPS) is 10.9. The third kappa shape index (κ3) is 3.58. The van der Waals surface area contributed by atoms with Crippen molar-refractivity contribution in [3.63, 3.8) is 0 Å². The Balaban J connectivity index is 1.57. The number of hydrogen-bond donors (Lipinski definition) is 0. The molecule has 2 aromatic carbocycles. The van der Waals surface area contributed by atoms with Gasteiger partial charge in [0, 0.05) is 31.5 Å². The van der Waals surface area contributed by atoms with Crippen molar-refractivity contribution in [1.82, 2.24) is 14.3 Å². The Labute approximate surface area is 156 Å². The van der Waals surface area contributed by atoms with Crippen molar-refractivity contribution in [3.8, 4) is 11.3 Å². The van der Waals surface area contributed by atoms with E-state index in [9.17, 15) is 9.18 Å². The number of halogens is 1. The summed E-state index contributed by atoms with van der Waals surface area (Å²) in [5.41, 5.74) is 4.13. The summed E-state index contributed by atoms with van der Waals surface area (Å²) in [6, 6.07) is 19.7. The molecule has 0 unspecified atom stereocenters. The molecule has 4 rings (SSSR count). The molecule has 134 valence electrons. The van der Waals surface area contributed by atoms with Crippen LogP contribution >= 0.6 is 0 Å². The summed E-state index contributed by atoms with van der Waals surface area (Å²) in [7, 11) is 1.74. The first-order valence-electron chi connectivity index (χ1n) is 8.64. The predicted octanol–water partition coefficient (Wildman–Crippen LogP) is 4.41. The molecule has 1 amide bonds. The van der Waals surface area contributed by atoms with Crippen LogP contribution in [0.4, 0.5) is 4.39 Å². The zero-order valence-corrected chi connectivity index (χ0v) is 14.8. The van der Waals surface area contributed by atoms with Gasteiger partial charge in [0.2, 0.25) is 0 Å². The molecule has 0 aliphatic rings. The van der Waals surface area contributed by atoms with Crippen molar-refractivity contribution < 1.29 is 9.18 Å². The average Bonchev–Trinajstić information content (AvgIpc) is 3.13. The van der Waals surface area contributed by atoms with Crippen LogP contribution in [0.3, 0.4) is 0 Å². The van der Waals surface area contributed by atoms with Crippen LogP contribution < -0.4 is 0 Å². The van der Waals surface area contributed by atoms with Crippen LogP contribution in [0, 0.1) is 5.82 Å². The lowest BCUT2D eigenvalue weighted by Crippen LogP contribution is -2.26. The lowest BCUT2D eigenvalue weighted by Gasteiger charge is -2.17. The largest absolute Gasteiger partial charge is 0.337 e. The van der Waals surface area contributed by atoms with Gasteiger partial charge in [0.1, 0.15) is 11.5 Å². The summed E-state index contributed by atoms with van der Waals surface area (Å²) in [4.78, 5) is 19.0. The van der Waals surface area contributed by atoms with E-state index in [2.05, 4.69) is 4.98 Å². The number of nitrogens with zero attached hydrogens (tertiary/aromatic N) is 3. The van der Waals surface area contributed by atoms with Crippen LogP contribution in [-0.2, 0) is 6.54 Å². The second kappa shape index (κ2) is 7.03. The second-order valence-electron chi connectivity index (χ2n) is 6.46. The van der Waals surface area contributed by atoms with E-state index in [4.69, 9.17) is 0 Å². The number of carbonyl (C=O) groups is 1. The molecular formula is C22H18FN3O. The highest BCUT2D eigenvalue weighted by Crippen LogP contribution is 2.19. The number of benzene rings is 2. The fraction of sp³-hybridized carbons (Fsp3) is 0.0909. The molecule has 0 saturated heterocycles. The topological polar surface area (TPSA) is 37.6 Å². The molecule has 0 saturated carbocycles. The predicted molar refractivity (Wildman–Crippen MR) is 103 cm³/mol. The molecule has 0 aliphatic heterocycles. The summed E-state index contributed by atoms with van der Waals surface area (Å²) < 4.78 is 14.9. The van der Waals surface area contributed by atoms with Crippen molar-refractivity contribution in [3.05, 3.63) is 96.1 Å². The van der Waals surface area contributed by atoms with Gasteiger partial charge in [-0.1, -0.05) is 42.5 Å². The Morgan fingerprint density at radius 3 is 2.48 bits per heavy atom. The number of aromatic nitrogens is 2. The van der Waals surface area contributed by atoms with E-state index >= 15 is 0 Å². The van der Waals surface area contributed by atoms with E-state index in [1.807, 2.05) is 47.0 Å². The fourth-order valence-electron chi connectivity index (χ4n) is 3.02. The smallest absolute Gasteiger partial charge is 0.255 e. The first-order chi connectivity index (χ1) is 13.1. The van der Waals surface area contributed by atoms with E-state index in [0.717, 1.165) is 22.5 Å². The van der Waals surface area contributed by atoms with Crippen LogP contribution in [0.15, 0.2) is 79.1 Å². The van der Waals surface area contributed by atoms with Gasteiger partial charge in [0.25, 0.3) is 5.91 Å². The molecule has 5 heteroatoms. The zero-order valence-electron chi connectivity index (χ0n) is 14.8. The average molecular weight is 359 g/mol. The fourth-order valence-corrected chi connectivity index (χ4v) is 3.02. The van der Waals surface area contributed by atoms with Crippen LogP contribution in [0.1, 0.15) is 15.9 Å². The van der Waals surface area contributed by atoms with Crippen molar-refractivity contribution in [2.75, 3.05) is 7.05 Å². The van der Waals surface area contributed by atoms with Crippen molar-refractivity contribution >= 4 is 11.6 Å². The first kappa shape index (κ1) is 17.0. The number of pyridine rings is 1. The van der Waals surface area contributed by atoms with Crippen molar-refractivity contribution in [2.24, 2.45) is 0 Å². The number of rotatable bonds is 4. The molecule has 4 nitrogen and oxygen atoms in total. The third-order valence-electron chi connectivity index (χ3n) is 4.45. The standard InChI is InChI=1S/C22H18FN3O/c1-25(13-16-7-10-19(23)11-8-16)22(27)18-9-12-21-24-20(15-26(21)14-18)17-5-3-2-4-6-17/h2-12,14-15H,13H2,1H3. The maximum Gasteiger partial charge on any atom is 0.255 e. The summed E-state index contributed by atoms with van der Waals surface area (Å²) in [5, 5.41) is 0. The molecule has 2 aromatic heterocycles. The highest BCUT2D eigenvalue weighted by atomic mass is 19.1. The van der Waals surface area contributed by atoms with Crippen LogP contribution in [0.5, 0.6) is 0 Å². The number of carbonyl (C=O) groups excluding carboxylic acids is 1. The number of amides is 1. The van der Waals surface area contributed by atoms with Gasteiger partial charge in [-0.25, -0.2) is 9.37 Å². The van der Waals surface area contributed by atoms with Gasteiger partial charge in [-0.2, -0.15) is 0 Å². The molecule has 2 heterocycles. The van der Waals surface area contributed by atoms with Gasteiger partial charge in [-0.3, -0.25) is 4.79 Å². The molecule has 27 heavy (non-hydrogen) atoms. The van der Waals surface area contributed by atoms with Gasteiger partial charge in [-0.15, -0.1) is 0 Å². The monoisotopic (exact) mass is 359 g/mol. The maximum atomic E-state index is 13.0. The molecule has 0 spiro atoms. The van der Waals surface area contributed by atoms with Crippen LogP contribution in [0.25, 0.3) is 16.9 Å². The van der Waals surface area contributed by atoms with Gasteiger partial charge < -0.3 is 9.30 Å². The molecule has 0 aliphatic carbocycles. The summed E-state index contributed by atoms with van der Waals surface area (Å²) in [6.45, 7) is 0.413. The molecule has 0 fully saturated rings.